The van der Waals surface area contributed by atoms with Crippen molar-refractivity contribution in [2.45, 2.75) is 69.5 Å². The molecule has 0 spiro atoms. The number of rotatable bonds is 8. The molecule has 0 radical (unpaired) electrons. The van der Waals surface area contributed by atoms with Crippen LogP contribution in [0.1, 0.15) is 44.7 Å². The molecule has 2 amide bonds. The van der Waals surface area contributed by atoms with Gasteiger partial charge in [0.15, 0.2) is 0 Å². The number of piperazine rings is 1. The number of ether oxygens (including phenoxy) is 2. The van der Waals surface area contributed by atoms with Crippen LogP contribution in [0, 0.1) is 6.92 Å². The zero-order chi connectivity index (χ0) is 31.4. The first kappa shape index (κ1) is 32.4. The van der Waals surface area contributed by atoms with Crippen molar-refractivity contribution in [1.82, 2.24) is 19.4 Å². The van der Waals surface area contributed by atoms with Gasteiger partial charge in [-0.1, -0.05) is 29.8 Å². The van der Waals surface area contributed by atoms with Gasteiger partial charge in [-0.3, -0.25) is 4.79 Å². The number of sulfonamides is 1. The van der Waals surface area contributed by atoms with Crippen LogP contribution in [0.2, 0.25) is 0 Å². The van der Waals surface area contributed by atoms with E-state index in [1.807, 2.05) is 14.0 Å². The lowest BCUT2D eigenvalue weighted by molar-refractivity contribution is -0.162. The molecule has 2 fully saturated rings. The summed E-state index contributed by atoms with van der Waals surface area (Å²) < 4.78 is 40.1. The second-order valence-electron chi connectivity index (χ2n) is 12.2. The average Bonchev–Trinajstić information content (AvgIpc) is 3.48. The van der Waals surface area contributed by atoms with Gasteiger partial charge in [-0.25, -0.2) is 22.3 Å². The number of hydrogen-bond donors (Lipinski definition) is 1. The fraction of sp³-hybridized carbons (Fsp3) is 0.516. The standard InChI is InChI=1S/C31H42N4O7S/c1-22-8-14-25(15-9-22)43(39,40)35(28(36)26-7-6-16-32-26)27(29(37)42-31(2,3)4)21-23-10-12-24(13-11-23)41-30(38)34-19-17-33(5)18-20-34/h8-15,26-27,32H,6-7,16-21H2,1-5H3/t26-,27+/m0/s1. The molecule has 0 unspecified atom stereocenters. The maximum absolute atomic E-state index is 14.1. The second kappa shape index (κ2) is 13.4. The van der Waals surface area contributed by atoms with Gasteiger partial charge >= 0.3 is 12.1 Å². The summed E-state index contributed by atoms with van der Waals surface area (Å²) in [7, 11) is -2.45. The number of carbonyl (C=O) groups excluding carboxylic acids is 3. The van der Waals surface area contributed by atoms with Gasteiger partial charge in [0.1, 0.15) is 17.4 Å². The number of aryl methyl sites for hydroxylation is 1. The molecule has 1 N–H and O–H groups in total. The monoisotopic (exact) mass is 614 g/mol. The van der Waals surface area contributed by atoms with Crippen molar-refractivity contribution in [3.63, 3.8) is 0 Å². The molecule has 234 valence electrons. The van der Waals surface area contributed by atoms with Crippen LogP contribution in [-0.4, -0.2) is 97.9 Å². The largest absolute Gasteiger partial charge is 0.458 e. The summed E-state index contributed by atoms with van der Waals surface area (Å²) in [5, 5.41) is 3.07. The van der Waals surface area contributed by atoms with Gasteiger partial charge in [-0.2, -0.15) is 0 Å². The van der Waals surface area contributed by atoms with Crippen LogP contribution in [0.15, 0.2) is 53.4 Å². The Morgan fingerprint density at radius 2 is 1.63 bits per heavy atom. The lowest BCUT2D eigenvalue weighted by Gasteiger charge is -2.33. The van der Waals surface area contributed by atoms with Crippen molar-refractivity contribution >= 4 is 28.0 Å². The fourth-order valence-electron chi connectivity index (χ4n) is 5.02. The van der Waals surface area contributed by atoms with E-state index in [0.29, 0.717) is 48.1 Å². The molecule has 0 bridgehead atoms. The van der Waals surface area contributed by atoms with E-state index in [4.69, 9.17) is 9.47 Å². The maximum atomic E-state index is 14.1. The van der Waals surface area contributed by atoms with Crippen LogP contribution in [0.5, 0.6) is 5.75 Å². The Kier molecular flexibility index (Phi) is 10.1. The van der Waals surface area contributed by atoms with Gasteiger partial charge < -0.3 is 24.6 Å². The van der Waals surface area contributed by atoms with Crippen LogP contribution in [0.3, 0.4) is 0 Å². The molecule has 2 heterocycles. The van der Waals surface area contributed by atoms with E-state index in [9.17, 15) is 22.8 Å². The van der Waals surface area contributed by atoms with E-state index in [2.05, 4.69) is 10.2 Å². The molecule has 2 aliphatic heterocycles. The predicted molar refractivity (Wildman–Crippen MR) is 161 cm³/mol. The van der Waals surface area contributed by atoms with Gasteiger partial charge in [0.05, 0.1) is 10.9 Å². The first-order valence-corrected chi connectivity index (χ1v) is 16.0. The minimum Gasteiger partial charge on any atom is -0.458 e. The number of amides is 2. The number of likely N-dealkylation sites (N-methyl/N-ethyl adjacent to an activating group) is 1. The molecule has 2 aliphatic rings. The number of nitrogens with zero attached hydrogens (tertiary/aromatic N) is 3. The van der Waals surface area contributed by atoms with Crippen LogP contribution in [0.4, 0.5) is 4.79 Å². The van der Waals surface area contributed by atoms with Crippen molar-refractivity contribution < 1.29 is 32.3 Å². The summed E-state index contributed by atoms with van der Waals surface area (Å²) in [5.74, 6) is -1.22. The molecule has 2 atom stereocenters. The Bertz CT molecular complexity index is 1390. The summed E-state index contributed by atoms with van der Waals surface area (Å²) in [6.45, 7) is 10.1. The molecule has 0 aromatic heterocycles. The molecule has 43 heavy (non-hydrogen) atoms. The molecule has 2 saturated heterocycles. The van der Waals surface area contributed by atoms with Crippen molar-refractivity contribution in [2.75, 3.05) is 39.8 Å². The number of hydrogen-bond acceptors (Lipinski definition) is 9. The lowest BCUT2D eigenvalue weighted by Crippen LogP contribution is -2.55. The first-order valence-electron chi connectivity index (χ1n) is 14.6. The molecule has 4 rings (SSSR count). The quantitative estimate of drug-likeness (QED) is 0.447. The van der Waals surface area contributed by atoms with Gasteiger partial charge in [0.25, 0.3) is 15.9 Å². The van der Waals surface area contributed by atoms with Crippen LogP contribution in [-0.2, 0) is 30.8 Å². The SMILES string of the molecule is Cc1ccc(S(=O)(=O)N(C(=O)[C@@H]2CCCN2)[C@H](Cc2ccc(OC(=O)N3CCN(C)CC3)cc2)C(=O)OC(C)(C)C)cc1. The van der Waals surface area contributed by atoms with E-state index in [0.717, 1.165) is 18.7 Å². The summed E-state index contributed by atoms with van der Waals surface area (Å²) in [6.07, 6.45) is 0.580. The number of benzene rings is 2. The van der Waals surface area contributed by atoms with Gasteiger partial charge in [0, 0.05) is 32.6 Å². The maximum Gasteiger partial charge on any atom is 0.415 e. The zero-order valence-electron chi connectivity index (χ0n) is 25.5. The number of nitrogens with one attached hydrogen (secondary N) is 1. The normalized spacial score (nSPS) is 18.6. The highest BCUT2D eigenvalue weighted by molar-refractivity contribution is 7.89. The van der Waals surface area contributed by atoms with Gasteiger partial charge in [0.2, 0.25) is 0 Å². The van der Waals surface area contributed by atoms with Crippen molar-refractivity contribution in [3.05, 3.63) is 59.7 Å². The fourth-order valence-corrected chi connectivity index (χ4v) is 6.58. The highest BCUT2D eigenvalue weighted by Gasteiger charge is 2.44. The minimum atomic E-state index is -4.45. The molecule has 2 aromatic carbocycles. The Morgan fingerprint density at radius 3 is 2.19 bits per heavy atom. The average molecular weight is 615 g/mol. The van der Waals surface area contributed by atoms with Crippen molar-refractivity contribution in [2.24, 2.45) is 0 Å². The molecule has 0 aliphatic carbocycles. The van der Waals surface area contributed by atoms with Crippen molar-refractivity contribution in [3.8, 4) is 5.75 Å². The van der Waals surface area contributed by atoms with Gasteiger partial charge in [-0.05, 0) is 84.0 Å². The Balaban J connectivity index is 1.64. The smallest absolute Gasteiger partial charge is 0.415 e. The summed E-state index contributed by atoms with van der Waals surface area (Å²) in [4.78, 5) is 43.9. The minimum absolute atomic E-state index is 0.0934. The summed E-state index contributed by atoms with van der Waals surface area (Å²) >= 11 is 0. The Hall–Kier alpha value is -3.48. The lowest BCUT2D eigenvalue weighted by atomic mass is 10.0. The number of carbonyl (C=O) groups is 3. The van der Waals surface area contributed by atoms with Gasteiger partial charge in [-0.15, -0.1) is 0 Å². The van der Waals surface area contributed by atoms with E-state index < -0.39 is 45.7 Å². The molecule has 12 heteroatoms. The van der Waals surface area contributed by atoms with Crippen molar-refractivity contribution in [1.29, 1.82) is 0 Å². The van der Waals surface area contributed by atoms with E-state index in [1.54, 1.807) is 62.1 Å². The van der Waals surface area contributed by atoms with Crippen LogP contribution in [0.25, 0.3) is 0 Å². The second-order valence-corrected chi connectivity index (χ2v) is 14.0. The van der Waals surface area contributed by atoms with Crippen LogP contribution < -0.4 is 10.1 Å². The molecular weight excluding hydrogens is 572 g/mol. The first-order chi connectivity index (χ1) is 20.2. The topological polar surface area (TPSA) is 126 Å². The zero-order valence-corrected chi connectivity index (χ0v) is 26.4. The molecule has 0 saturated carbocycles. The highest BCUT2D eigenvalue weighted by Crippen LogP contribution is 2.27. The summed E-state index contributed by atoms with van der Waals surface area (Å²) in [6, 6.07) is 10.4. The molecule has 2 aromatic rings. The third kappa shape index (κ3) is 8.33. The van der Waals surface area contributed by atoms with E-state index in [-0.39, 0.29) is 11.3 Å². The van der Waals surface area contributed by atoms with E-state index in [1.165, 1.54) is 12.1 Å². The molecular formula is C31H42N4O7S. The molecule has 11 nitrogen and oxygen atoms in total. The van der Waals surface area contributed by atoms with Crippen LogP contribution >= 0.6 is 0 Å². The third-order valence-corrected chi connectivity index (χ3v) is 9.25. The Morgan fingerprint density at radius 1 is 1.00 bits per heavy atom. The highest BCUT2D eigenvalue weighted by atomic mass is 32.2. The van der Waals surface area contributed by atoms with E-state index >= 15 is 0 Å². The number of esters is 1. The summed E-state index contributed by atoms with van der Waals surface area (Å²) in [5.41, 5.74) is 0.489. The predicted octanol–water partition coefficient (Wildman–Crippen LogP) is 2.96. The Labute approximate surface area is 254 Å². The third-order valence-electron chi connectivity index (χ3n) is 7.43.